The van der Waals surface area contributed by atoms with Crippen molar-refractivity contribution >= 4 is 47.8 Å². The van der Waals surface area contributed by atoms with Gasteiger partial charge in [0.1, 0.15) is 23.7 Å². The standard InChI is InChI=1S/C48H58N8O4Si/c1-8-54(9-2)43(31-14-11-10-12-15-31)47(58)55-23-13-16-40(55)45-50-37-22-21-35(26-38(37)51-45)33-17-18-34-25-36(20-19-32(34)24-33)39-27-49-44(52-39)41-28-61(6,7)29-56(41)46(57)42(30(3)4)53-48(59)60-5/h10-12,14-15,17-22,24-27,30,40-43H,8-9,13,16,23,28-29H2,1-7H3,(H,49,52)(H,50,51)(H,53,59). The van der Waals surface area contributed by atoms with Crippen LogP contribution in [0.3, 0.4) is 0 Å². The highest BCUT2D eigenvalue weighted by Crippen LogP contribution is 2.39. The van der Waals surface area contributed by atoms with Crippen molar-refractivity contribution in [3.05, 3.63) is 108 Å². The predicted molar refractivity (Wildman–Crippen MR) is 243 cm³/mol. The van der Waals surface area contributed by atoms with Gasteiger partial charge in [-0.2, -0.15) is 0 Å². The molecule has 12 nitrogen and oxygen atoms in total. The maximum Gasteiger partial charge on any atom is 0.407 e. The van der Waals surface area contributed by atoms with E-state index in [1.54, 1.807) is 0 Å². The number of methoxy groups -OCH3 is 1. The third-order valence-electron chi connectivity index (χ3n) is 12.7. The lowest BCUT2D eigenvalue weighted by Gasteiger charge is -2.34. The molecule has 0 radical (unpaired) electrons. The molecule has 2 aliphatic heterocycles. The zero-order chi connectivity index (χ0) is 43.0. The zero-order valence-electron chi connectivity index (χ0n) is 36.4. The molecule has 318 valence electrons. The fraction of sp³-hybridized carbons (Fsp3) is 0.396. The first kappa shape index (κ1) is 41.9. The topological polar surface area (TPSA) is 140 Å². The van der Waals surface area contributed by atoms with Crippen LogP contribution in [0.2, 0.25) is 19.1 Å². The van der Waals surface area contributed by atoms with Crippen molar-refractivity contribution in [1.29, 1.82) is 0 Å². The number of nitrogens with one attached hydrogen (secondary N) is 3. The molecule has 2 aliphatic rings. The number of imidazole rings is 2. The van der Waals surface area contributed by atoms with E-state index in [2.05, 4.69) is 114 Å². The maximum atomic E-state index is 14.3. The monoisotopic (exact) mass is 838 g/mol. The van der Waals surface area contributed by atoms with Gasteiger partial charge < -0.3 is 29.8 Å². The minimum atomic E-state index is -1.75. The molecule has 2 fully saturated rings. The number of aromatic nitrogens is 4. The molecule has 4 heterocycles. The molecule has 6 aromatic rings. The third kappa shape index (κ3) is 8.45. The van der Waals surface area contributed by atoms with Gasteiger partial charge in [-0.05, 0) is 89.6 Å². The van der Waals surface area contributed by atoms with Crippen LogP contribution in [-0.2, 0) is 14.3 Å². The molecule has 0 saturated carbocycles. The fourth-order valence-electron chi connectivity index (χ4n) is 9.44. The Morgan fingerprint density at radius 3 is 2.25 bits per heavy atom. The smallest absolute Gasteiger partial charge is 0.407 e. The molecule has 4 unspecified atom stereocenters. The summed E-state index contributed by atoms with van der Waals surface area (Å²) in [6.07, 6.45) is 3.75. The number of benzene rings is 4. The van der Waals surface area contributed by atoms with Crippen LogP contribution < -0.4 is 5.32 Å². The van der Waals surface area contributed by atoms with Crippen molar-refractivity contribution in [2.45, 2.75) is 83.8 Å². The maximum absolute atomic E-state index is 14.3. The van der Waals surface area contributed by atoms with Crippen LogP contribution in [0.15, 0.2) is 91.1 Å². The van der Waals surface area contributed by atoms with E-state index in [4.69, 9.17) is 14.7 Å². The lowest BCUT2D eigenvalue weighted by Crippen LogP contribution is -2.52. The van der Waals surface area contributed by atoms with Crippen LogP contribution in [0, 0.1) is 5.92 Å². The second-order valence-corrected chi connectivity index (χ2v) is 22.8. The van der Waals surface area contributed by atoms with E-state index in [-0.39, 0.29) is 35.9 Å². The number of ether oxygens (including phenoxy) is 1. The fourth-order valence-corrected chi connectivity index (χ4v) is 12.3. The summed E-state index contributed by atoms with van der Waals surface area (Å²) in [7, 11) is -0.439. The molecule has 61 heavy (non-hydrogen) atoms. The normalized spacial score (nSPS) is 18.6. The van der Waals surface area contributed by atoms with E-state index < -0.39 is 20.2 Å². The molecular weight excluding hydrogens is 781 g/mol. The number of H-pyrrole nitrogens is 2. The molecule has 8 rings (SSSR count). The number of hydrogen-bond acceptors (Lipinski definition) is 7. The molecule has 3 amide bonds. The lowest BCUT2D eigenvalue weighted by atomic mass is 9.99. The summed E-state index contributed by atoms with van der Waals surface area (Å²) in [5, 5.41) is 4.98. The number of likely N-dealkylation sites (N-methyl/N-ethyl adjacent to an activating group) is 1. The molecule has 13 heteroatoms. The average molecular weight is 839 g/mol. The number of aromatic amines is 2. The number of fused-ring (bicyclic) bond motifs is 2. The Labute approximate surface area is 359 Å². The number of rotatable bonds is 12. The van der Waals surface area contributed by atoms with Crippen LogP contribution in [0.1, 0.15) is 75.9 Å². The molecule has 4 aromatic carbocycles. The van der Waals surface area contributed by atoms with Gasteiger partial charge in [-0.3, -0.25) is 14.5 Å². The second kappa shape index (κ2) is 17.3. The first-order valence-corrected chi connectivity index (χ1v) is 25.1. The van der Waals surface area contributed by atoms with Crippen molar-refractivity contribution in [2.75, 3.05) is 32.9 Å². The number of carbonyl (C=O) groups is 3. The van der Waals surface area contributed by atoms with Gasteiger partial charge in [-0.1, -0.05) is 101 Å². The Hall–Kier alpha value is -5.79. The molecular formula is C48H58N8O4Si. The number of amides is 3. The summed E-state index contributed by atoms with van der Waals surface area (Å²) < 4.78 is 4.83. The van der Waals surface area contributed by atoms with Gasteiger partial charge >= 0.3 is 6.09 Å². The van der Waals surface area contributed by atoms with Crippen LogP contribution >= 0.6 is 0 Å². The van der Waals surface area contributed by atoms with Crippen molar-refractivity contribution in [3.8, 4) is 22.4 Å². The Bertz CT molecular complexity index is 2550. The van der Waals surface area contributed by atoms with Crippen LogP contribution in [0.4, 0.5) is 4.79 Å². The predicted octanol–water partition coefficient (Wildman–Crippen LogP) is 9.03. The summed E-state index contributed by atoms with van der Waals surface area (Å²) in [4.78, 5) is 63.6. The minimum Gasteiger partial charge on any atom is -0.453 e. The SMILES string of the molecule is CCN(CC)C(C(=O)N1CCCC1c1nc2ccc(-c3ccc4cc(-c5cnc(C6C[Si](C)(C)CN6C(=O)C(NC(=O)OC)C(C)C)[nH]5)ccc4c3)cc2[nH]1)c1ccccc1. The van der Waals surface area contributed by atoms with Gasteiger partial charge in [0.05, 0.1) is 50.2 Å². The van der Waals surface area contributed by atoms with E-state index in [0.29, 0.717) is 12.7 Å². The van der Waals surface area contributed by atoms with E-state index in [1.807, 2.05) is 48.0 Å². The lowest BCUT2D eigenvalue weighted by molar-refractivity contribution is -0.138. The van der Waals surface area contributed by atoms with Crippen molar-refractivity contribution < 1.29 is 19.1 Å². The van der Waals surface area contributed by atoms with Crippen molar-refractivity contribution in [2.24, 2.45) is 5.92 Å². The Morgan fingerprint density at radius 1 is 0.852 bits per heavy atom. The first-order valence-electron chi connectivity index (χ1n) is 21.7. The summed E-state index contributed by atoms with van der Waals surface area (Å²) >= 11 is 0. The summed E-state index contributed by atoms with van der Waals surface area (Å²) in [5.41, 5.74) is 6.95. The average Bonchev–Trinajstić information content (AvgIpc) is 4.09. The number of carbonyl (C=O) groups excluding carboxylic acids is 3. The molecule has 0 aliphatic carbocycles. The van der Waals surface area contributed by atoms with Gasteiger partial charge in [0.15, 0.2) is 0 Å². The van der Waals surface area contributed by atoms with Crippen LogP contribution in [0.25, 0.3) is 44.2 Å². The Kier molecular flexibility index (Phi) is 11.9. The van der Waals surface area contributed by atoms with Crippen LogP contribution in [0.5, 0.6) is 0 Å². The Morgan fingerprint density at radius 2 is 1.54 bits per heavy atom. The van der Waals surface area contributed by atoms with Crippen molar-refractivity contribution in [1.82, 2.24) is 40.0 Å². The van der Waals surface area contributed by atoms with Crippen molar-refractivity contribution in [3.63, 3.8) is 0 Å². The first-order chi connectivity index (χ1) is 29.4. The van der Waals surface area contributed by atoms with Gasteiger partial charge in [-0.15, -0.1) is 0 Å². The third-order valence-corrected chi connectivity index (χ3v) is 15.4. The van der Waals surface area contributed by atoms with Gasteiger partial charge in [-0.25, -0.2) is 14.8 Å². The Balaban J connectivity index is 1.00. The number of nitrogens with zero attached hydrogens (tertiary/aromatic N) is 5. The molecule has 0 spiro atoms. The van der Waals surface area contributed by atoms with E-state index >= 15 is 0 Å². The number of alkyl carbamates (subject to hydrolysis) is 1. The highest BCUT2D eigenvalue weighted by molar-refractivity contribution is 6.78. The number of hydrogen-bond donors (Lipinski definition) is 3. The summed E-state index contributed by atoms with van der Waals surface area (Å²) in [6, 6.07) is 29.0. The van der Waals surface area contributed by atoms with E-state index in [0.717, 1.165) is 93.4 Å². The quantitative estimate of drug-likeness (QED) is 0.105. The van der Waals surface area contributed by atoms with Gasteiger partial charge in [0.2, 0.25) is 11.8 Å². The molecule has 0 bridgehead atoms. The van der Waals surface area contributed by atoms with Gasteiger partial charge in [0, 0.05) is 18.3 Å². The highest BCUT2D eigenvalue weighted by atomic mass is 28.3. The second-order valence-electron chi connectivity index (χ2n) is 17.7. The van der Waals surface area contributed by atoms with E-state index in [9.17, 15) is 14.4 Å². The van der Waals surface area contributed by atoms with Gasteiger partial charge in [0.25, 0.3) is 0 Å². The molecule has 2 saturated heterocycles. The summed E-state index contributed by atoms with van der Waals surface area (Å²) in [6.45, 7) is 15.0. The molecule has 4 atom stereocenters. The zero-order valence-corrected chi connectivity index (χ0v) is 37.4. The van der Waals surface area contributed by atoms with Crippen LogP contribution in [-0.4, -0.2) is 99.6 Å². The minimum absolute atomic E-state index is 0.104. The van der Waals surface area contributed by atoms with E-state index in [1.165, 1.54) is 7.11 Å². The highest BCUT2D eigenvalue weighted by Gasteiger charge is 2.46. The molecule has 2 aromatic heterocycles. The largest absolute Gasteiger partial charge is 0.453 e. The summed E-state index contributed by atoms with van der Waals surface area (Å²) in [5.74, 6) is 1.52. The molecule has 3 N–H and O–H groups in total. The number of likely N-dealkylation sites (tertiary alicyclic amines) is 1.